The van der Waals surface area contributed by atoms with Crippen molar-refractivity contribution in [3.05, 3.63) is 58.6 Å². The van der Waals surface area contributed by atoms with Crippen LogP contribution in [0.1, 0.15) is 0 Å². The summed E-state index contributed by atoms with van der Waals surface area (Å²) in [6, 6.07) is 12.5. The molecule has 0 aliphatic heterocycles. The van der Waals surface area contributed by atoms with Gasteiger partial charge in [0, 0.05) is 11.6 Å². The molecular formula is C12H10N2O4S. The van der Waals surface area contributed by atoms with E-state index in [1.807, 2.05) is 0 Å². The summed E-state index contributed by atoms with van der Waals surface area (Å²) in [6.07, 6.45) is 0. The molecule has 0 amide bonds. The monoisotopic (exact) mass is 278 g/mol. The van der Waals surface area contributed by atoms with Crippen molar-refractivity contribution in [3.8, 4) is 11.1 Å². The third-order valence-corrected chi connectivity index (χ3v) is 3.56. The van der Waals surface area contributed by atoms with Crippen LogP contribution in [0.25, 0.3) is 11.1 Å². The minimum absolute atomic E-state index is 0.220. The standard InChI is InChI=1S/C12H10N2O4S/c13-19(17,18)12-10(9-5-2-1-3-6-9)7-4-8-11(12)14(15)16/h1-8H,(H2,13,17,18). The van der Waals surface area contributed by atoms with Gasteiger partial charge in [0.25, 0.3) is 5.69 Å². The molecule has 0 atom stereocenters. The van der Waals surface area contributed by atoms with Gasteiger partial charge in [0.1, 0.15) is 0 Å². The van der Waals surface area contributed by atoms with Crippen LogP contribution in [0, 0.1) is 10.1 Å². The highest BCUT2D eigenvalue weighted by Crippen LogP contribution is 2.33. The number of nitrogens with zero attached hydrogens (tertiary/aromatic N) is 1. The highest BCUT2D eigenvalue weighted by molar-refractivity contribution is 7.89. The van der Waals surface area contributed by atoms with Crippen LogP contribution in [0.3, 0.4) is 0 Å². The first-order valence-corrected chi connectivity index (χ1v) is 6.81. The number of sulfonamides is 1. The number of rotatable bonds is 3. The van der Waals surface area contributed by atoms with E-state index in [9.17, 15) is 18.5 Å². The zero-order valence-electron chi connectivity index (χ0n) is 9.68. The van der Waals surface area contributed by atoms with Crippen LogP contribution in [0.15, 0.2) is 53.4 Å². The van der Waals surface area contributed by atoms with Gasteiger partial charge >= 0.3 is 0 Å². The Labute approximate surface area is 109 Å². The van der Waals surface area contributed by atoms with Gasteiger partial charge in [-0.05, 0) is 5.56 Å². The van der Waals surface area contributed by atoms with Gasteiger partial charge in [-0.3, -0.25) is 10.1 Å². The molecule has 0 saturated heterocycles. The Morgan fingerprint density at radius 2 is 1.63 bits per heavy atom. The Kier molecular flexibility index (Phi) is 3.32. The average molecular weight is 278 g/mol. The third-order valence-electron chi connectivity index (χ3n) is 2.56. The van der Waals surface area contributed by atoms with Gasteiger partial charge in [-0.1, -0.05) is 42.5 Å². The molecule has 2 aromatic rings. The van der Waals surface area contributed by atoms with E-state index in [-0.39, 0.29) is 5.56 Å². The first kappa shape index (κ1) is 13.2. The quantitative estimate of drug-likeness (QED) is 0.684. The number of nitro groups is 1. The number of benzene rings is 2. The fourth-order valence-electron chi connectivity index (χ4n) is 1.81. The molecule has 0 saturated carbocycles. The fourth-order valence-corrected chi connectivity index (χ4v) is 2.74. The molecule has 19 heavy (non-hydrogen) atoms. The summed E-state index contributed by atoms with van der Waals surface area (Å²) in [6.45, 7) is 0. The molecule has 7 heteroatoms. The molecule has 2 rings (SSSR count). The van der Waals surface area contributed by atoms with E-state index in [4.69, 9.17) is 5.14 Å². The molecule has 0 aliphatic carbocycles. The summed E-state index contributed by atoms with van der Waals surface area (Å²) >= 11 is 0. The highest BCUT2D eigenvalue weighted by atomic mass is 32.2. The molecule has 2 N–H and O–H groups in total. The minimum Gasteiger partial charge on any atom is -0.258 e. The van der Waals surface area contributed by atoms with Crippen molar-refractivity contribution in [2.75, 3.05) is 0 Å². The molecule has 2 aromatic carbocycles. The van der Waals surface area contributed by atoms with Gasteiger partial charge in [0.15, 0.2) is 4.90 Å². The summed E-state index contributed by atoms with van der Waals surface area (Å²) < 4.78 is 23.3. The van der Waals surface area contributed by atoms with Crippen LogP contribution in [-0.2, 0) is 10.0 Å². The van der Waals surface area contributed by atoms with Crippen molar-refractivity contribution in [1.82, 2.24) is 0 Å². The van der Waals surface area contributed by atoms with Crippen molar-refractivity contribution in [2.45, 2.75) is 4.90 Å². The Balaban J connectivity index is 2.83. The van der Waals surface area contributed by atoms with Crippen molar-refractivity contribution in [2.24, 2.45) is 5.14 Å². The van der Waals surface area contributed by atoms with E-state index in [1.54, 1.807) is 30.3 Å². The number of nitro benzene ring substituents is 1. The van der Waals surface area contributed by atoms with Gasteiger partial charge < -0.3 is 0 Å². The third kappa shape index (κ3) is 2.61. The van der Waals surface area contributed by atoms with Crippen LogP contribution in [0.2, 0.25) is 0 Å². The molecule has 0 unspecified atom stereocenters. The molecule has 0 aliphatic rings. The van der Waals surface area contributed by atoms with E-state index < -0.39 is 25.5 Å². The average Bonchev–Trinajstić information content (AvgIpc) is 2.38. The minimum atomic E-state index is -4.20. The number of hydrogen-bond donors (Lipinski definition) is 1. The van der Waals surface area contributed by atoms with Crippen molar-refractivity contribution >= 4 is 15.7 Å². The SMILES string of the molecule is NS(=O)(=O)c1c(-c2ccccc2)cccc1[N+](=O)[O-]. The molecule has 0 radical (unpaired) electrons. The van der Waals surface area contributed by atoms with E-state index >= 15 is 0 Å². The normalized spacial score (nSPS) is 11.2. The summed E-state index contributed by atoms with van der Waals surface area (Å²) in [5.41, 5.74) is 0.247. The zero-order chi connectivity index (χ0) is 14.0. The lowest BCUT2D eigenvalue weighted by Crippen LogP contribution is -2.15. The maximum atomic E-state index is 11.6. The van der Waals surface area contributed by atoms with Crippen LogP contribution in [-0.4, -0.2) is 13.3 Å². The molecule has 0 fully saturated rings. The maximum Gasteiger partial charge on any atom is 0.290 e. The van der Waals surface area contributed by atoms with Crippen LogP contribution in [0.5, 0.6) is 0 Å². The predicted molar refractivity (Wildman–Crippen MR) is 69.9 cm³/mol. The van der Waals surface area contributed by atoms with Crippen LogP contribution < -0.4 is 5.14 Å². The Morgan fingerprint density at radius 3 is 2.16 bits per heavy atom. The second kappa shape index (κ2) is 4.79. The smallest absolute Gasteiger partial charge is 0.258 e. The van der Waals surface area contributed by atoms with Gasteiger partial charge in [-0.2, -0.15) is 0 Å². The first-order chi connectivity index (χ1) is 8.91. The van der Waals surface area contributed by atoms with E-state index in [0.717, 1.165) is 6.07 Å². The van der Waals surface area contributed by atoms with Crippen LogP contribution in [0.4, 0.5) is 5.69 Å². The van der Waals surface area contributed by atoms with Gasteiger partial charge in [0.2, 0.25) is 10.0 Å². The molecule has 0 heterocycles. The second-order valence-electron chi connectivity index (χ2n) is 3.82. The fraction of sp³-hybridized carbons (Fsp3) is 0. The number of nitrogens with two attached hydrogens (primary N) is 1. The van der Waals surface area contributed by atoms with E-state index in [2.05, 4.69) is 0 Å². The Morgan fingerprint density at radius 1 is 1.00 bits per heavy atom. The summed E-state index contributed by atoms with van der Waals surface area (Å²) in [7, 11) is -4.20. The van der Waals surface area contributed by atoms with E-state index in [1.165, 1.54) is 12.1 Å². The maximum absolute atomic E-state index is 11.6. The largest absolute Gasteiger partial charge is 0.290 e. The first-order valence-electron chi connectivity index (χ1n) is 5.27. The molecule has 98 valence electrons. The van der Waals surface area contributed by atoms with Gasteiger partial charge in [-0.15, -0.1) is 0 Å². The zero-order valence-corrected chi connectivity index (χ0v) is 10.5. The van der Waals surface area contributed by atoms with Gasteiger partial charge in [-0.25, -0.2) is 13.6 Å². The summed E-state index contributed by atoms with van der Waals surface area (Å²) in [5, 5.41) is 16.0. The van der Waals surface area contributed by atoms with E-state index in [0.29, 0.717) is 5.56 Å². The second-order valence-corrected chi connectivity index (χ2v) is 5.32. The number of hydrogen-bond acceptors (Lipinski definition) is 4. The lowest BCUT2D eigenvalue weighted by atomic mass is 10.1. The molecular weight excluding hydrogens is 268 g/mol. The molecule has 0 spiro atoms. The van der Waals surface area contributed by atoms with Crippen molar-refractivity contribution < 1.29 is 13.3 Å². The Bertz CT molecular complexity index is 727. The predicted octanol–water partition coefficient (Wildman–Crippen LogP) is 1.91. The van der Waals surface area contributed by atoms with Crippen LogP contribution >= 0.6 is 0 Å². The van der Waals surface area contributed by atoms with Crippen molar-refractivity contribution in [3.63, 3.8) is 0 Å². The highest BCUT2D eigenvalue weighted by Gasteiger charge is 2.26. The number of primary sulfonamides is 1. The molecule has 0 aromatic heterocycles. The Hall–Kier alpha value is -2.25. The topological polar surface area (TPSA) is 103 Å². The summed E-state index contributed by atoms with van der Waals surface area (Å²) in [4.78, 5) is 9.71. The molecule has 0 bridgehead atoms. The van der Waals surface area contributed by atoms with Crippen molar-refractivity contribution in [1.29, 1.82) is 0 Å². The van der Waals surface area contributed by atoms with Gasteiger partial charge in [0.05, 0.1) is 4.92 Å². The lowest BCUT2D eigenvalue weighted by molar-refractivity contribution is -0.387. The summed E-state index contributed by atoms with van der Waals surface area (Å²) in [5.74, 6) is 0. The molecule has 6 nitrogen and oxygen atoms in total. The lowest BCUT2D eigenvalue weighted by Gasteiger charge is -2.08.